The Hall–Kier alpha value is -7.10. The average molecular weight is 881 g/mol. The van der Waals surface area contributed by atoms with Gasteiger partial charge in [0.1, 0.15) is 47.8 Å². The second-order valence-corrected chi connectivity index (χ2v) is 16.2. The normalized spacial score (nSPS) is 15.1. The lowest BCUT2D eigenvalue weighted by Crippen LogP contribution is -2.27. The molecule has 0 bridgehead atoms. The molecule has 314 valence electrons. The van der Waals surface area contributed by atoms with Crippen molar-refractivity contribution < 1.29 is 46.7 Å². The summed E-state index contributed by atoms with van der Waals surface area (Å²) in [5, 5.41) is -0.756. The first-order valence-electron chi connectivity index (χ1n) is 19.5. The number of carbonyl (C=O) groups excluding carboxylic acids is 4. The van der Waals surface area contributed by atoms with Crippen LogP contribution in [-0.2, 0) is 35.9 Å². The summed E-state index contributed by atoms with van der Waals surface area (Å²) in [6.07, 6.45) is 3.32. The predicted molar refractivity (Wildman–Crippen MR) is 239 cm³/mol. The molecule has 6 aromatic carbocycles. The Morgan fingerprint density at radius 2 is 0.873 bits per heavy atom. The van der Waals surface area contributed by atoms with Crippen LogP contribution in [0.3, 0.4) is 0 Å². The minimum atomic E-state index is -0.396. The summed E-state index contributed by atoms with van der Waals surface area (Å²) in [6.45, 7) is 0.697. The minimum absolute atomic E-state index is 0.0324. The fourth-order valence-electron chi connectivity index (χ4n) is 6.39. The molecule has 10 nitrogen and oxygen atoms in total. The van der Waals surface area contributed by atoms with Gasteiger partial charge in [-0.2, -0.15) is 0 Å². The number of hydrogen-bond acceptors (Lipinski definition) is 10. The number of nitrogens with zero attached hydrogens (tertiary/aromatic N) is 2. The van der Waals surface area contributed by atoms with Crippen molar-refractivity contribution in [2.45, 2.75) is 26.3 Å². The summed E-state index contributed by atoms with van der Waals surface area (Å²) >= 11 is 1.74. The molecule has 2 heterocycles. The van der Waals surface area contributed by atoms with Crippen molar-refractivity contribution in [2.24, 2.45) is 0 Å². The first kappa shape index (κ1) is 42.6. The number of halogens is 2. The number of amides is 4. The highest BCUT2D eigenvalue weighted by Gasteiger charge is 2.36. The summed E-state index contributed by atoms with van der Waals surface area (Å²) in [5.41, 5.74) is 4.54. The molecule has 2 aliphatic rings. The second kappa shape index (κ2) is 19.7. The zero-order valence-electron chi connectivity index (χ0n) is 33.3. The van der Waals surface area contributed by atoms with E-state index in [4.69, 9.17) is 18.8 Å². The third-order valence-electron chi connectivity index (χ3n) is 9.67. The molecule has 6 aromatic rings. The molecule has 63 heavy (non-hydrogen) atoms. The number of imide groups is 2. The Morgan fingerprint density at radius 3 is 1.27 bits per heavy atom. The van der Waals surface area contributed by atoms with E-state index in [-0.39, 0.29) is 56.1 Å². The summed E-state index contributed by atoms with van der Waals surface area (Å²) in [6, 6.07) is 40.7. The fourth-order valence-corrected chi connectivity index (χ4v) is 8.07. The molecule has 0 spiro atoms. The number of rotatable bonds is 16. The molecule has 4 amide bonds. The van der Waals surface area contributed by atoms with Crippen LogP contribution in [-0.4, -0.2) is 39.8 Å². The van der Waals surface area contributed by atoms with Gasteiger partial charge in [-0.3, -0.25) is 29.0 Å². The van der Waals surface area contributed by atoms with Crippen LogP contribution < -0.4 is 18.8 Å². The van der Waals surface area contributed by atoms with E-state index in [1.54, 1.807) is 84.9 Å². The Morgan fingerprint density at radius 1 is 0.476 bits per heavy atom. The molecule has 15 heteroatoms. The first-order valence-corrected chi connectivity index (χ1v) is 21.1. The topological polar surface area (TPSA) is 112 Å². The largest absolute Gasteiger partial charge is 0.576 e. The van der Waals surface area contributed by atoms with E-state index in [2.05, 4.69) is 0 Å². The van der Waals surface area contributed by atoms with Gasteiger partial charge >= 0.3 is 7.69 Å². The number of ether oxygens (including phenoxy) is 2. The van der Waals surface area contributed by atoms with Gasteiger partial charge in [0, 0.05) is 0 Å². The van der Waals surface area contributed by atoms with E-state index >= 15 is 0 Å². The lowest BCUT2D eigenvalue weighted by Gasteiger charge is -2.12. The Bertz CT molecular complexity index is 2530. The molecule has 2 aliphatic heterocycles. The zero-order chi connectivity index (χ0) is 43.7. The van der Waals surface area contributed by atoms with Crippen LogP contribution in [0.1, 0.15) is 33.4 Å². The minimum Gasteiger partial charge on any atom is -0.529 e. The van der Waals surface area contributed by atoms with Crippen LogP contribution in [0.2, 0.25) is 0 Å². The van der Waals surface area contributed by atoms with Gasteiger partial charge in [-0.25, -0.2) is 8.78 Å². The molecular formula is C48H35BF2N2O8S2. The zero-order valence-corrected chi connectivity index (χ0v) is 34.9. The average Bonchev–Trinajstić information content (AvgIpc) is 3.71. The van der Waals surface area contributed by atoms with Gasteiger partial charge in [0.2, 0.25) is 0 Å². The predicted octanol–water partition coefficient (Wildman–Crippen LogP) is 10.3. The molecule has 0 aliphatic carbocycles. The third kappa shape index (κ3) is 11.2. The molecule has 8 rings (SSSR count). The van der Waals surface area contributed by atoms with Crippen LogP contribution in [0, 0.1) is 11.6 Å². The highest BCUT2D eigenvalue weighted by molar-refractivity contribution is 8.18. The van der Waals surface area contributed by atoms with Crippen LogP contribution in [0.4, 0.5) is 18.4 Å². The SMILES string of the molecule is O=C1SC(=Cc2ccc(OCc3cccc(OBOc4cccc(COc5ccc(C=C6SC(=O)N(Cc7ccc(F)cc7)C6=O)cc5)c4)c3)cc2)C(=O)N1Cc1ccc(F)cc1. The third-order valence-corrected chi connectivity index (χ3v) is 11.5. The maximum Gasteiger partial charge on any atom is 0.576 e. The highest BCUT2D eigenvalue weighted by Crippen LogP contribution is 2.35. The Labute approximate surface area is 370 Å². The van der Waals surface area contributed by atoms with E-state index in [0.717, 1.165) is 55.6 Å². The summed E-state index contributed by atoms with van der Waals surface area (Å²) in [4.78, 5) is 53.9. The van der Waals surface area contributed by atoms with Gasteiger partial charge in [-0.05, 0) is 142 Å². The van der Waals surface area contributed by atoms with Gasteiger partial charge in [0.15, 0.2) is 0 Å². The van der Waals surface area contributed by atoms with Crippen molar-refractivity contribution in [3.8, 4) is 23.0 Å². The van der Waals surface area contributed by atoms with Gasteiger partial charge in [0.05, 0.1) is 22.9 Å². The molecule has 2 saturated heterocycles. The fraction of sp³-hybridized carbons (Fsp3) is 0.0833. The molecular weight excluding hydrogens is 845 g/mol. The van der Waals surface area contributed by atoms with Crippen LogP contribution in [0.25, 0.3) is 12.2 Å². The highest BCUT2D eigenvalue weighted by atomic mass is 32.2. The van der Waals surface area contributed by atoms with Crippen LogP contribution >= 0.6 is 23.5 Å². The molecule has 0 atom stereocenters. The summed E-state index contributed by atoms with van der Waals surface area (Å²) < 4.78 is 50.3. The number of carbonyl (C=O) groups is 4. The number of thioether (sulfide) groups is 2. The van der Waals surface area contributed by atoms with Crippen molar-refractivity contribution in [3.63, 3.8) is 0 Å². The molecule has 0 unspecified atom stereocenters. The van der Waals surface area contributed by atoms with Gasteiger partial charge < -0.3 is 18.8 Å². The van der Waals surface area contributed by atoms with Crippen molar-refractivity contribution >= 4 is 65.7 Å². The monoisotopic (exact) mass is 880 g/mol. The van der Waals surface area contributed by atoms with Crippen molar-refractivity contribution in [1.82, 2.24) is 9.80 Å². The maximum absolute atomic E-state index is 13.3. The number of hydrogen-bond donors (Lipinski definition) is 0. The van der Waals surface area contributed by atoms with E-state index in [1.807, 2.05) is 48.5 Å². The van der Waals surface area contributed by atoms with E-state index < -0.39 is 11.8 Å². The van der Waals surface area contributed by atoms with Crippen molar-refractivity contribution in [3.05, 3.63) is 200 Å². The smallest absolute Gasteiger partial charge is 0.529 e. The van der Waals surface area contributed by atoms with Crippen molar-refractivity contribution in [2.75, 3.05) is 0 Å². The molecule has 2 fully saturated rings. The van der Waals surface area contributed by atoms with Gasteiger partial charge in [0.25, 0.3) is 22.3 Å². The Balaban J connectivity index is 0.769. The molecule has 0 radical (unpaired) electrons. The second-order valence-electron chi connectivity index (χ2n) is 14.2. The molecule has 0 saturated carbocycles. The van der Waals surface area contributed by atoms with Gasteiger partial charge in [-0.1, -0.05) is 72.8 Å². The van der Waals surface area contributed by atoms with Crippen LogP contribution in [0.5, 0.6) is 23.0 Å². The standard InChI is InChI=1S/C48H35BF2N2O8S2/c50-37-15-7-33(8-16-37)27-52-45(54)43(62-47(52)56)25-31-11-19-39(20-12-31)58-29-35-3-1-5-41(23-35)60-49-61-42-6-2-4-36(24-42)30-59-40-21-13-32(14-22-40)26-44-46(55)53(48(57)63-44)28-34-9-17-38(51)18-10-34/h1-26,49H,27-30H2. The van der Waals surface area contributed by atoms with Crippen LogP contribution in [0.15, 0.2) is 155 Å². The maximum atomic E-state index is 13.3. The Kier molecular flexibility index (Phi) is 13.3. The van der Waals surface area contributed by atoms with E-state index in [0.29, 0.717) is 43.9 Å². The lowest BCUT2D eigenvalue weighted by atomic mass is 10.2. The molecule has 0 aromatic heterocycles. The van der Waals surface area contributed by atoms with E-state index in [9.17, 15) is 28.0 Å². The number of benzene rings is 6. The summed E-state index contributed by atoms with van der Waals surface area (Å²) in [5.74, 6) is 0.872. The summed E-state index contributed by atoms with van der Waals surface area (Å²) in [7, 11) is -0.0324. The first-order chi connectivity index (χ1) is 30.6. The molecule has 0 N–H and O–H groups in total. The quantitative estimate of drug-likeness (QED) is 0.0688. The van der Waals surface area contributed by atoms with Crippen molar-refractivity contribution in [1.29, 1.82) is 0 Å². The van der Waals surface area contributed by atoms with Gasteiger partial charge in [-0.15, -0.1) is 0 Å². The van der Waals surface area contributed by atoms with E-state index in [1.165, 1.54) is 24.3 Å². The lowest BCUT2D eigenvalue weighted by molar-refractivity contribution is -0.124.